The third-order valence-corrected chi connectivity index (χ3v) is 6.20. The van der Waals surface area contributed by atoms with Crippen molar-refractivity contribution in [2.75, 3.05) is 6.54 Å². The van der Waals surface area contributed by atoms with Crippen LogP contribution in [-0.4, -0.2) is 29.2 Å². The van der Waals surface area contributed by atoms with E-state index in [4.69, 9.17) is 8.83 Å². The van der Waals surface area contributed by atoms with Gasteiger partial charge < -0.3 is 24.4 Å². The number of nitrogens with zero attached hydrogens (tertiary/aromatic N) is 1. The molecule has 0 spiro atoms. The minimum atomic E-state index is -0.916. The number of furan rings is 2. The molecular formula is C26H25N3O5S. The summed E-state index contributed by atoms with van der Waals surface area (Å²) in [5, 5.41) is 7.37. The van der Waals surface area contributed by atoms with E-state index in [0.717, 1.165) is 10.4 Å². The molecule has 0 aliphatic rings. The fourth-order valence-corrected chi connectivity index (χ4v) is 4.25. The van der Waals surface area contributed by atoms with Gasteiger partial charge >= 0.3 is 0 Å². The fourth-order valence-electron chi connectivity index (χ4n) is 3.55. The Morgan fingerprint density at radius 3 is 2.37 bits per heavy atom. The van der Waals surface area contributed by atoms with Gasteiger partial charge in [0.25, 0.3) is 5.91 Å². The molecule has 0 aliphatic carbocycles. The van der Waals surface area contributed by atoms with Gasteiger partial charge in [-0.25, -0.2) is 0 Å². The summed E-state index contributed by atoms with van der Waals surface area (Å²) in [5.41, 5.74) is 1.69. The van der Waals surface area contributed by atoms with E-state index in [1.807, 2.05) is 48.7 Å². The quantitative estimate of drug-likeness (QED) is 0.348. The average Bonchev–Trinajstić information content (AvgIpc) is 3.65. The van der Waals surface area contributed by atoms with Crippen LogP contribution in [0.4, 0.5) is 0 Å². The van der Waals surface area contributed by atoms with Gasteiger partial charge in [0.05, 0.1) is 32.2 Å². The molecule has 3 aromatic heterocycles. The first-order valence-corrected chi connectivity index (χ1v) is 11.9. The average molecular weight is 492 g/mol. The van der Waals surface area contributed by atoms with E-state index in [1.165, 1.54) is 34.8 Å². The van der Waals surface area contributed by atoms with E-state index in [1.54, 1.807) is 18.2 Å². The number of hydrogen-bond acceptors (Lipinski definition) is 6. The SMILES string of the molecule is Cc1ccc([C@@H](C(=O)NCc2ccco2)N(Cc2cccs2)C(=O)CNC(=O)c2ccco2)cc1. The topological polar surface area (TPSA) is 105 Å². The summed E-state index contributed by atoms with van der Waals surface area (Å²) in [6.45, 7) is 2.05. The number of amides is 3. The van der Waals surface area contributed by atoms with Gasteiger partial charge in [0.2, 0.25) is 11.8 Å². The van der Waals surface area contributed by atoms with Crippen LogP contribution in [-0.2, 0) is 22.7 Å². The minimum Gasteiger partial charge on any atom is -0.467 e. The molecule has 0 fully saturated rings. The summed E-state index contributed by atoms with van der Waals surface area (Å²) in [6, 6.07) is 17.0. The molecule has 0 unspecified atom stereocenters. The normalized spacial score (nSPS) is 11.6. The van der Waals surface area contributed by atoms with Crippen LogP contribution in [0.5, 0.6) is 0 Å². The summed E-state index contributed by atoms with van der Waals surface area (Å²) in [6.07, 6.45) is 2.92. The minimum absolute atomic E-state index is 0.105. The Kier molecular flexibility index (Phi) is 7.79. The van der Waals surface area contributed by atoms with Crippen LogP contribution >= 0.6 is 11.3 Å². The lowest BCUT2D eigenvalue weighted by Gasteiger charge is -2.31. The highest BCUT2D eigenvalue weighted by Gasteiger charge is 2.32. The van der Waals surface area contributed by atoms with Crippen molar-refractivity contribution in [3.05, 3.63) is 106 Å². The third kappa shape index (κ3) is 6.27. The van der Waals surface area contributed by atoms with Crippen molar-refractivity contribution in [1.29, 1.82) is 0 Å². The molecule has 3 heterocycles. The molecule has 4 rings (SSSR count). The molecule has 0 radical (unpaired) electrons. The Morgan fingerprint density at radius 2 is 1.71 bits per heavy atom. The standard InChI is InChI=1S/C26H25N3O5S/c1-18-8-10-19(11-9-18)24(26(32)27-15-20-5-2-12-33-20)29(17-21-6-4-14-35-21)23(30)16-28-25(31)22-7-3-13-34-22/h2-14,24H,15-17H2,1H3,(H,27,32)(H,28,31)/t24-/m0/s1. The van der Waals surface area contributed by atoms with E-state index in [-0.39, 0.29) is 31.3 Å². The molecule has 1 aromatic carbocycles. The summed E-state index contributed by atoms with van der Waals surface area (Å²) in [5.74, 6) is -0.560. The van der Waals surface area contributed by atoms with Crippen molar-refractivity contribution in [3.8, 4) is 0 Å². The van der Waals surface area contributed by atoms with Crippen LogP contribution in [0.25, 0.3) is 0 Å². The summed E-state index contributed by atoms with van der Waals surface area (Å²) in [4.78, 5) is 41.6. The van der Waals surface area contributed by atoms with E-state index in [0.29, 0.717) is 11.3 Å². The lowest BCUT2D eigenvalue weighted by Crippen LogP contribution is -2.46. The number of carbonyl (C=O) groups excluding carboxylic acids is 3. The van der Waals surface area contributed by atoms with E-state index < -0.39 is 17.9 Å². The van der Waals surface area contributed by atoms with Crippen molar-refractivity contribution < 1.29 is 23.2 Å². The predicted octanol–water partition coefficient (Wildman–Crippen LogP) is 4.06. The highest BCUT2D eigenvalue weighted by Crippen LogP contribution is 2.26. The number of nitrogens with one attached hydrogen (secondary N) is 2. The van der Waals surface area contributed by atoms with E-state index in [9.17, 15) is 14.4 Å². The molecule has 0 bridgehead atoms. The van der Waals surface area contributed by atoms with Crippen LogP contribution in [0.2, 0.25) is 0 Å². The second kappa shape index (κ2) is 11.3. The zero-order valence-corrected chi connectivity index (χ0v) is 19.9. The summed E-state index contributed by atoms with van der Waals surface area (Å²) < 4.78 is 10.4. The van der Waals surface area contributed by atoms with Gasteiger partial charge in [-0.2, -0.15) is 0 Å². The maximum absolute atomic E-state index is 13.5. The fraction of sp³-hybridized carbons (Fsp3) is 0.192. The van der Waals surface area contributed by atoms with Crippen molar-refractivity contribution in [2.24, 2.45) is 0 Å². The molecule has 9 heteroatoms. The molecule has 0 aliphatic heterocycles. The Morgan fingerprint density at radius 1 is 0.943 bits per heavy atom. The summed E-state index contributed by atoms with van der Waals surface area (Å²) in [7, 11) is 0. The number of benzene rings is 1. The monoisotopic (exact) mass is 491 g/mol. The maximum Gasteiger partial charge on any atom is 0.287 e. The van der Waals surface area contributed by atoms with Crippen LogP contribution in [0.3, 0.4) is 0 Å². The first-order valence-electron chi connectivity index (χ1n) is 11.0. The Labute approximate surface area is 206 Å². The van der Waals surface area contributed by atoms with Crippen molar-refractivity contribution in [2.45, 2.75) is 26.1 Å². The second-order valence-electron chi connectivity index (χ2n) is 7.87. The van der Waals surface area contributed by atoms with E-state index in [2.05, 4.69) is 10.6 Å². The van der Waals surface area contributed by atoms with Crippen LogP contribution in [0.1, 0.15) is 38.4 Å². The highest BCUT2D eigenvalue weighted by atomic mass is 32.1. The Bertz CT molecular complexity index is 1230. The third-order valence-electron chi connectivity index (χ3n) is 5.34. The van der Waals surface area contributed by atoms with Gasteiger partial charge in [-0.05, 0) is 48.2 Å². The number of carbonyl (C=O) groups is 3. The zero-order valence-electron chi connectivity index (χ0n) is 19.1. The zero-order chi connectivity index (χ0) is 24.6. The molecule has 3 amide bonds. The second-order valence-corrected chi connectivity index (χ2v) is 8.90. The lowest BCUT2D eigenvalue weighted by molar-refractivity contribution is -0.140. The Balaban J connectivity index is 1.60. The van der Waals surface area contributed by atoms with Gasteiger partial charge in [0, 0.05) is 4.88 Å². The summed E-state index contributed by atoms with van der Waals surface area (Å²) >= 11 is 1.49. The van der Waals surface area contributed by atoms with Gasteiger partial charge in [-0.3, -0.25) is 14.4 Å². The van der Waals surface area contributed by atoms with Crippen LogP contribution < -0.4 is 10.6 Å². The van der Waals surface area contributed by atoms with Gasteiger partial charge in [0.15, 0.2) is 5.76 Å². The van der Waals surface area contributed by atoms with Gasteiger partial charge in [-0.15, -0.1) is 11.3 Å². The molecule has 2 N–H and O–H groups in total. The van der Waals surface area contributed by atoms with Crippen molar-refractivity contribution in [3.63, 3.8) is 0 Å². The van der Waals surface area contributed by atoms with Crippen LogP contribution in [0, 0.1) is 6.92 Å². The van der Waals surface area contributed by atoms with Gasteiger partial charge in [-0.1, -0.05) is 35.9 Å². The lowest BCUT2D eigenvalue weighted by atomic mass is 10.0. The molecule has 1 atom stereocenters. The number of aryl methyl sites for hydroxylation is 1. The Hall–Kier alpha value is -4.11. The molecule has 0 saturated carbocycles. The molecule has 180 valence electrons. The molecule has 0 saturated heterocycles. The van der Waals surface area contributed by atoms with E-state index >= 15 is 0 Å². The predicted molar refractivity (Wildman–Crippen MR) is 130 cm³/mol. The number of hydrogen-bond donors (Lipinski definition) is 2. The first-order chi connectivity index (χ1) is 17.0. The van der Waals surface area contributed by atoms with Gasteiger partial charge in [0.1, 0.15) is 11.8 Å². The van der Waals surface area contributed by atoms with Crippen molar-refractivity contribution in [1.82, 2.24) is 15.5 Å². The largest absolute Gasteiger partial charge is 0.467 e. The van der Waals surface area contributed by atoms with Crippen LogP contribution in [0.15, 0.2) is 87.4 Å². The molecule has 4 aromatic rings. The van der Waals surface area contributed by atoms with Crippen molar-refractivity contribution >= 4 is 29.1 Å². The number of thiophene rings is 1. The first kappa shape index (κ1) is 24.0. The molecule has 35 heavy (non-hydrogen) atoms. The maximum atomic E-state index is 13.5. The highest BCUT2D eigenvalue weighted by molar-refractivity contribution is 7.09. The molecular weight excluding hydrogens is 466 g/mol. The smallest absolute Gasteiger partial charge is 0.287 e. The molecule has 8 nitrogen and oxygen atoms in total. The number of rotatable bonds is 10.